The highest BCUT2D eigenvalue weighted by Crippen LogP contribution is 2.30. The van der Waals surface area contributed by atoms with Gasteiger partial charge in [0.2, 0.25) is 0 Å². The molecule has 0 aliphatic heterocycles. The predicted molar refractivity (Wildman–Crippen MR) is 64.2 cm³/mol. The van der Waals surface area contributed by atoms with E-state index in [9.17, 15) is 0 Å². The van der Waals surface area contributed by atoms with Crippen LogP contribution in [-0.4, -0.2) is 29.3 Å². The van der Waals surface area contributed by atoms with Crippen LogP contribution in [0.4, 0.5) is 5.69 Å². The number of aliphatic hydroxyl groups is 1. The smallest absolute Gasteiger partial charge is 0.0772 e. The Labute approximate surface area is 96.1 Å². The molecule has 0 unspecified atom stereocenters. The minimum atomic E-state index is 0.176. The number of hydrogen-bond donors (Lipinski definition) is 2. The summed E-state index contributed by atoms with van der Waals surface area (Å²) >= 11 is 0. The molecule has 0 aromatic carbocycles. The maximum Gasteiger partial charge on any atom is 0.0772 e. The van der Waals surface area contributed by atoms with E-state index in [1.165, 1.54) is 19.3 Å². The van der Waals surface area contributed by atoms with E-state index < -0.39 is 0 Å². The lowest BCUT2D eigenvalue weighted by atomic mass is 9.91. The molecule has 1 aromatic rings. The van der Waals surface area contributed by atoms with Gasteiger partial charge in [-0.05, 0) is 31.4 Å². The highest BCUT2D eigenvalue weighted by Gasteiger charge is 2.26. The van der Waals surface area contributed by atoms with Crippen molar-refractivity contribution in [1.82, 2.24) is 4.98 Å². The Bertz CT molecular complexity index is 339. The van der Waals surface area contributed by atoms with Gasteiger partial charge in [-0.3, -0.25) is 4.98 Å². The molecule has 1 aliphatic carbocycles. The number of aliphatic hydroxyl groups excluding tert-OH is 1. The summed E-state index contributed by atoms with van der Waals surface area (Å²) in [5, 5.41) is 9.14. The molecule has 1 fully saturated rings. The standard InChI is InChI=1S/C12H19N3O/c13-9-11-12(5-2-6-14-11)15(7-8-16)10-3-1-4-10/h2,5-6,10,16H,1,3-4,7-9,13H2. The molecular weight excluding hydrogens is 202 g/mol. The van der Waals surface area contributed by atoms with Crippen LogP contribution >= 0.6 is 0 Å². The third-order valence-corrected chi connectivity index (χ3v) is 3.23. The molecule has 0 atom stereocenters. The summed E-state index contributed by atoms with van der Waals surface area (Å²) in [6.07, 6.45) is 5.46. The molecule has 1 aliphatic rings. The second kappa shape index (κ2) is 5.27. The fourth-order valence-corrected chi connectivity index (χ4v) is 2.15. The molecule has 0 radical (unpaired) electrons. The van der Waals surface area contributed by atoms with Crippen molar-refractivity contribution in [2.75, 3.05) is 18.1 Å². The summed E-state index contributed by atoms with van der Waals surface area (Å²) in [6, 6.07) is 4.53. The Morgan fingerprint density at radius 2 is 2.31 bits per heavy atom. The Balaban J connectivity index is 2.22. The third-order valence-electron chi connectivity index (χ3n) is 3.23. The van der Waals surface area contributed by atoms with E-state index in [2.05, 4.69) is 9.88 Å². The van der Waals surface area contributed by atoms with Crippen LogP contribution in [0.3, 0.4) is 0 Å². The fourth-order valence-electron chi connectivity index (χ4n) is 2.15. The van der Waals surface area contributed by atoms with Crippen molar-refractivity contribution in [3.63, 3.8) is 0 Å². The van der Waals surface area contributed by atoms with Gasteiger partial charge in [-0.2, -0.15) is 0 Å². The minimum Gasteiger partial charge on any atom is -0.395 e. The van der Waals surface area contributed by atoms with Gasteiger partial charge in [0.15, 0.2) is 0 Å². The average molecular weight is 221 g/mol. The van der Waals surface area contributed by atoms with Crippen LogP contribution in [-0.2, 0) is 6.54 Å². The van der Waals surface area contributed by atoms with Crippen LogP contribution < -0.4 is 10.6 Å². The first-order valence-electron chi connectivity index (χ1n) is 5.88. The zero-order valence-electron chi connectivity index (χ0n) is 9.47. The lowest BCUT2D eigenvalue weighted by Crippen LogP contribution is -2.42. The number of pyridine rings is 1. The van der Waals surface area contributed by atoms with E-state index in [1.807, 2.05) is 12.1 Å². The number of anilines is 1. The zero-order chi connectivity index (χ0) is 11.4. The zero-order valence-corrected chi connectivity index (χ0v) is 9.47. The van der Waals surface area contributed by atoms with Gasteiger partial charge >= 0.3 is 0 Å². The highest BCUT2D eigenvalue weighted by atomic mass is 16.3. The van der Waals surface area contributed by atoms with Gasteiger partial charge in [-0.15, -0.1) is 0 Å². The van der Waals surface area contributed by atoms with Crippen LogP contribution in [0.5, 0.6) is 0 Å². The summed E-state index contributed by atoms with van der Waals surface area (Å²) in [6.45, 7) is 1.30. The first kappa shape index (κ1) is 11.4. The topological polar surface area (TPSA) is 62.4 Å². The van der Waals surface area contributed by atoms with Gasteiger partial charge in [0.05, 0.1) is 18.0 Å². The molecule has 1 aromatic heterocycles. The molecule has 1 saturated carbocycles. The van der Waals surface area contributed by atoms with Gasteiger partial charge in [0, 0.05) is 25.3 Å². The van der Waals surface area contributed by atoms with Crippen molar-refractivity contribution < 1.29 is 5.11 Å². The third kappa shape index (κ3) is 2.18. The fraction of sp³-hybridized carbons (Fsp3) is 0.583. The first-order valence-corrected chi connectivity index (χ1v) is 5.88. The predicted octanol–water partition coefficient (Wildman–Crippen LogP) is 0.891. The van der Waals surface area contributed by atoms with Crippen molar-refractivity contribution >= 4 is 5.69 Å². The molecule has 0 amide bonds. The SMILES string of the molecule is NCc1ncccc1N(CCO)C1CCC1. The van der Waals surface area contributed by atoms with Crippen molar-refractivity contribution in [2.24, 2.45) is 5.73 Å². The van der Waals surface area contributed by atoms with Gasteiger partial charge in [-0.1, -0.05) is 0 Å². The van der Waals surface area contributed by atoms with Crippen LogP contribution in [0, 0.1) is 0 Å². The molecule has 1 heterocycles. The maximum atomic E-state index is 9.14. The summed E-state index contributed by atoms with van der Waals surface area (Å²) < 4.78 is 0. The van der Waals surface area contributed by atoms with Crippen molar-refractivity contribution in [3.8, 4) is 0 Å². The normalized spacial score (nSPS) is 15.9. The van der Waals surface area contributed by atoms with Crippen molar-refractivity contribution in [3.05, 3.63) is 24.0 Å². The van der Waals surface area contributed by atoms with E-state index in [1.54, 1.807) is 6.20 Å². The van der Waals surface area contributed by atoms with E-state index in [0.717, 1.165) is 11.4 Å². The summed E-state index contributed by atoms with van der Waals surface area (Å²) in [5.41, 5.74) is 7.70. The van der Waals surface area contributed by atoms with Gasteiger partial charge in [-0.25, -0.2) is 0 Å². The molecular formula is C12H19N3O. The Morgan fingerprint density at radius 1 is 1.50 bits per heavy atom. The average Bonchev–Trinajstić information content (AvgIpc) is 2.26. The van der Waals surface area contributed by atoms with Crippen LogP contribution in [0.15, 0.2) is 18.3 Å². The van der Waals surface area contributed by atoms with Crippen LogP contribution in [0.1, 0.15) is 25.0 Å². The minimum absolute atomic E-state index is 0.176. The number of rotatable bonds is 5. The van der Waals surface area contributed by atoms with Crippen LogP contribution in [0.25, 0.3) is 0 Å². The highest BCUT2D eigenvalue weighted by molar-refractivity contribution is 5.51. The van der Waals surface area contributed by atoms with E-state index in [-0.39, 0.29) is 6.61 Å². The molecule has 4 nitrogen and oxygen atoms in total. The molecule has 0 saturated heterocycles. The molecule has 3 N–H and O–H groups in total. The number of aromatic nitrogens is 1. The molecule has 0 spiro atoms. The summed E-state index contributed by atoms with van der Waals surface area (Å²) in [4.78, 5) is 6.54. The second-order valence-electron chi connectivity index (χ2n) is 4.18. The number of nitrogens with two attached hydrogens (primary N) is 1. The molecule has 4 heteroatoms. The molecule has 0 bridgehead atoms. The van der Waals surface area contributed by atoms with Crippen LogP contribution in [0.2, 0.25) is 0 Å². The quantitative estimate of drug-likeness (QED) is 0.775. The lowest BCUT2D eigenvalue weighted by Gasteiger charge is -2.39. The molecule has 2 rings (SSSR count). The monoisotopic (exact) mass is 221 g/mol. The van der Waals surface area contributed by atoms with Crippen molar-refractivity contribution in [2.45, 2.75) is 31.8 Å². The van der Waals surface area contributed by atoms with E-state index in [0.29, 0.717) is 19.1 Å². The summed E-state index contributed by atoms with van der Waals surface area (Å²) in [5.74, 6) is 0. The second-order valence-corrected chi connectivity index (χ2v) is 4.18. The number of hydrogen-bond acceptors (Lipinski definition) is 4. The molecule has 16 heavy (non-hydrogen) atoms. The van der Waals surface area contributed by atoms with E-state index >= 15 is 0 Å². The Hall–Kier alpha value is -1.13. The number of nitrogens with zero attached hydrogens (tertiary/aromatic N) is 2. The van der Waals surface area contributed by atoms with E-state index in [4.69, 9.17) is 10.8 Å². The van der Waals surface area contributed by atoms with Crippen molar-refractivity contribution in [1.29, 1.82) is 0 Å². The maximum absolute atomic E-state index is 9.14. The largest absolute Gasteiger partial charge is 0.395 e. The summed E-state index contributed by atoms with van der Waals surface area (Å²) in [7, 11) is 0. The van der Waals surface area contributed by atoms with Gasteiger partial charge in [0.1, 0.15) is 0 Å². The first-order chi connectivity index (χ1) is 7.86. The van der Waals surface area contributed by atoms with Gasteiger partial charge in [0.25, 0.3) is 0 Å². The van der Waals surface area contributed by atoms with Gasteiger partial charge < -0.3 is 15.7 Å². The lowest BCUT2D eigenvalue weighted by molar-refractivity contribution is 0.283. The Kier molecular flexibility index (Phi) is 3.74. The Morgan fingerprint density at radius 3 is 2.88 bits per heavy atom. The molecule has 88 valence electrons.